The number of nitrogens with zero attached hydrogens (tertiary/aromatic N) is 1. The monoisotopic (exact) mass is 292 g/mol. The summed E-state index contributed by atoms with van der Waals surface area (Å²) >= 11 is 3.36. The Hall–Kier alpha value is -1.39. The number of para-hydroxylation sites is 1. The zero-order valence-electron chi connectivity index (χ0n) is 9.27. The number of hydrogen-bond acceptors (Lipinski definition) is 3. The Morgan fingerprint density at radius 2 is 2.06 bits per heavy atom. The molecule has 0 unspecified atom stereocenters. The number of benzene rings is 1. The van der Waals surface area contributed by atoms with Gasteiger partial charge >= 0.3 is 0 Å². The van der Waals surface area contributed by atoms with E-state index in [-0.39, 0.29) is 0 Å². The van der Waals surface area contributed by atoms with Crippen LogP contribution in [0.1, 0.15) is 5.56 Å². The van der Waals surface area contributed by atoms with E-state index in [4.69, 9.17) is 10.5 Å². The van der Waals surface area contributed by atoms with Crippen molar-refractivity contribution in [1.82, 2.24) is 4.98 Å². The molecular formula is C13H13BrN2O. The van der Waals surface area contributed by atoms with Crippen molar-refractivity contribution in [2.45, 2.75) is 6.42 Å². The maximum Gasteiger partial charge on any atom is 0.146 e. The second-order valence-electron chi connectivity index (χ2n) is 3.59. The Labute approximate surface area is 109 Å². The summed E-state index contributed by atoms with van der Waals surface area (Å²) in [6, 6.07) is 9.77. The molecule has 1 heterocycles. The first-order chi connectivity index (χ1) is 8.29. The number of ether oxygens (including phenoxy) is 1. The molecule has 0 fully saturated rings. The highest BCUT2D eigenvalue weighted by atomic mass is 79.9. The van der Waals surface area contributed by atoms with E-state index < -0.39 is 0 Å². The number of rotatable bonds is 4. The SMILES string of the molecule is NCCc1ccccc1Oc1cncc(Br)c1. The van der Waals surface area contributed by atoms with Gasteiger partial charge in [-0.1, -0.05) is 18.2 Å². The first kappa shape index (κ1) is 12.1. The molecule has 0 aliphatic carbocycles. The lowest BCUT2D eigenvalue weighted by Crippen LogP contribution is -2.03. The predicted molar refractivity (Wildman–Crippen MR) is 71.2 cm³/mol. The van der Waals surface area contributed by atoms with Crippen molar-refractivity contribution in [3.63, 3.8) is 0 Å². The number of hydrogen-bond donors (Lipinski definition) is 1. The van der Waals surface area contributed by atoms with E-state index in [0.29, 0.717) is 12.3 Å². The molecule has 3 nitrogen and oxygen atoms in total. The number of aromatic nitrogens is 1. The van der Waals surface area contributed by atoms with Gasteiger partial charge in [0.15, 0.2) is 0 Å². The molecule has 2 N–H and O–H groups in total. The molecule has 0 saturated carbocycles. The van der Waals surface area contributed by atoms with Crippen LogP contribution in [0.4, 0.5) is 0 Å². The number of nitrogens with two attached hydrogens (primary N) is 1. The van der Waals surface area contributed by atoms with Gasteiger partial charge in [0.05, 0.1) is 6.20 Å². The van der Waals surface area contributed by atoms with Gasteiger partial charge < -0.3 is 10.5 Å². The molecule has 0 radical (unpaired) electrons. The van der Waals surface area contributed by atoms with Crippen LogP contribution in [0.25, 0.3) is 0 Å². The van der Waals surface area contributed by atoms with E-state index in [1.807, 2.05) is 30.3 Å². The fourth-order valence-electron chi connectivity index (χ4n) is 1.54. The normalized spacial score (nSPS) is 10.2. The topological polar surface area (TPSA) is 48.1 Å². The first-order valence-corrected chi connectivity index (χ1v) is 6.15. The van der Waals surface area contributed by atoms with Crippen molar-refractivity contribution in [2.75, 3.05) is 6.54 Å². The van der Waals surface area contributed by atoms with Crippen molar-refractivity contribution in [3.05, 3.63) is 52.8 Å². The highest BCUT2D eigenvalue weighted by Crippen LogP contribution is 2.26. The van der Waals surface area contributed by atoms with Gasteiger partial charge in [0.1, 0.15) is 11.5 Å². The second-order valence-corrected chi connectivity index (χ2v) is 4.50. The average molecular weight is 293 g/mol. The molecule has 0 amide bonds. The van der Waals surface area contributed by atoms with E-state index in [1.54, 1.807) is 12.4 Å². The molecule has 1 aromatic heterocycles. The highest BCUT2D eigenvalue weighted by Gasteiger charge is 2.04. The molecule has 0 aliphatic heterocycles. The van der Waals surface area contributed by atoms with E-state index >= 15 is 0 Å². The molecule has 2 aromatic rings. The molecule has 1 aromatic carbocycles. The maximum atomic E-state index is 5.79. The van der Waals surface area contributed by atoms with Crippen LogP contribution in [-0.4, -0.2) is 11.5 Å². The first-order valence-electron chi connectivity index (χ1n) is 5.36. The van der Waals surface area contributed by atoms with E-state index in [0.717, 1.165) is 22.2 Å². The largest absolute Gasteiger partial charge is 0.455 e. The molecule has 0 bridgehead atoms. The average Bonchev–Trinajstić information content (AvgIpc) is 2.32. The van der Waals surface area contributed by atoms with Crippen LogP contribution in [-0.2, 0) is 6.42 Å². The maximum absolute atomic E-state index is 5.79. The fraction of sp³-hybridized carbons (Fsp3) is 0.154. The lowest BCUT2D eigenvalue weighted by Gasteiger charge is -2.10. The van der Waals surface area contributed by atoms with Crippen LogP contribution in [0.2, 0.25) is 0 Å². The summed E-state index contributed by atoms with van der Waals surface area (Å²) in [5.74, 6) is 1.54. The summed E-state index contributed by atoms with van der Waals surface area (Å²) in [4.78, 5) is 4.06. The third-order valence-corrected chi connectivity index (χ3v) is 2.73. The summed E-state index contributed by atoms with van der Waals surface area (Å²) in [5.41, 5.74) is 6.68. The zero-order valence-corrected chi connectivity index (χ0v) is 10.9. The van der Waals surface area contributed by atoms with Crippen LogP contribution in [0.3, 0.4) is 0 Å². The molecule has 88 valence electrons. The van der Waals surface area contributed by atoms with Crippen molar-refractivity contribution in [2.24, 2.45) is 5.73 Å². The minimum atomic E-state index is 0.608. The van der Waals surface area contributed by atoms with E-state index in [1.165, 1.54) is 0 Å². The summed E-state index contributed by atoms with van der Waals surface area (Å²) in [6.45, 7) is 0.608. The van der Waals surface area contributed by atoms with Crippen molar-refractivity contribution < 1.29 is 4.74 Å². The van der Waals surface area contributed by atoms with Crippen LogP contribution in [0, 0.1) is 0 Å². The van der Waals surface area contributed by atoms with E-state index in [2.05, 4.69) is 20.9 Å². The van der Waals surface area contributed by atoms with E-state index in [9.17, 15) is 0 Å². The van der Waals surface area contributed by atoms with Gasteiger partial charge in [-0.05, 0) is 46.6 Å². The molecule has 0 aliphatic rings. The molecule has 17 heavy (non-hydrogen) atoms. The van der Waals surface area contributed by atoms with Crippen LogP contribution in [0.5, 0.6) is 11.5 Å². The fourth-order valence-corrected chi connectivity index (χ4v) is 1.88. The molecule has 4 heteroatoms. The van der Waals surface area contributed by atoms with Crippen molar-refractivity contribution >= 4 is 15.9 Å². The number of pyridine rings is 1. The van der Waals surface area contributed by atoms with Crippen LogP contribution in [0.15, 0.2) is 47.2 Å². The third kappa shape index (κ3) is 3.28. The molecule has 0 spiro atoms. The second kappa shape index (κ2) is 5.80. The van der Waals surface area contributed by atoms with Crippen LogP contribution >= 0.6 is 15.9 Å². The van der Waals surface area contributed by atoms with Gasteiger partial charge in [-0.25, -0.2) is 0 Å². The lowest BCUT2D eigenvalue weighted by molar-refractivity contribution is 0.473. The minimum absolute atomic E-state index is 0.608. The Morgan fingerprint density at radius 3 is 2.82 bits per heavy atom. The highest BCUT2D eigenvalue weighted by molar-refractivity contribution is 9.10. The predicted octanol–water partition coefficient (Wildman–Crippen LogP) is 3.14. The Kier molecular flexibility index (Phi) is 4.12. The van der Waals surface area contributed by atoms with Gasteiger partial charge in [-0.15, -0.1) is 0 Å². The van der Waals surface area contributed by atoms with Crippen molar-refractivity contribution in [3.8, 4) is 11.5 Å². The summed E-state index contributed by atoms with van der Waals surface area (Å²) in [7, 11) is 0. The number of halogens is 1. The molecule has 0 saturated heterocycles. The Morgan fingerprint density at radius 1 is 1.24 bits per heavy atom. The van der Waals surface area contributed by atoms with Gasteiger partial charge in [0.2, 0.25) is 0 Å². The standard InChI is InChI=1S/C13H13BrN2O/c14-11-7-12(9-16-8-11)17-13-4-2-1-3-10(13)5-6-15/h1-4,7-9H,5-6,15H2. The molecule has 0 atom stereocenters. The minimum Gasteiger partial charge on any atom is -0.455 e. The lowest BCUT2D eigenvalue weighted by atomic mass is 10.1. The van der Waals surface area contributed by atoms with Crippen LogP contribution < -0.4 is 10.5 Å². The third-order valence-electron chi connectivity index (χ3n) is 2.29. The Bertz CT molecular complexity index is 502. The molecular weight excluding hydrogens is 280 g/mol. The van der Waals surface area contributed by atoms with Gasteiger partial charge in [0, 0.05) is 10.7 Å². The van der Waals surface area contributed by atoms with Gasteiger partial charge in [-0.2, -0.15) is 0 Å². The summed E-state index contributed by atoms with van der Waals surface area (Å²) in [6.07, 6.45) is 4.21. The van der Waals surface area contributed by atoms with Gasteiger partial charge in [0.25, 0.3) is 0 Å². The van der Waals surface area contributed by atoms with Gasteiger partial charge in [-0.3, -0.25) is 4.98 Å². The summed E-state index contributed by atoms with van der Waals surface area (Å²) in [5, 5.41) is 0. The Balaban J connectivity index is 2.23. The molecule has 2 rings (SSSR count). The van der Waals surface area contributed by atoms with Crippen molar-refractivity contribution in [1.29, 1.82) is 0 Å². The summed E-state index contributed by atoms with van der Waals surface area (Å²) < 4.78 is 6.69. The zero-order chi connectivity index (χ0) is 12.1. The quantitative estimate of drug-likeness (QED) is 0.942. The smallest absolute Gasteiger partial charge is 0.146 e.